The summed E-state index contributed by atoms with van der Waals surface area (Å²) in [6.45, 7) is 1.69. The second-order valence-corrected chi connectivity index (χ2v) is 8.91. The first kappa shape index (κ1) is 23.1. The van der Waals surface area contributed by atoms with Gasteiger partial charge < -0.3 is 25.0 Å². The van der Waals surface area contributed by atoms with E-state index in [1.54, 1.807) is 14.2 Å². The van der Waals surface area contributed by atoms with Gasteiger partial charge in [-0.3, -0.25) is 0 Å². The summed E-state index contributed by atoms with van der Waals surface area (Å²) in [5.41, 5.74) is 2.10. The smallest absolute Gasteiger partial charge is 0.225 e. The molecule has 4 rings (SSSR count). The molecule has 176 valence electrons. The van der Waals surface area contributed by atoms with Crippen LogP contribution >= 0.6 is 0 Å². The molecule has 1 saturated carbocycles. The van der Waals surface area contributed by atoms with E-state index in [0.717, 1.165) is 46.9 Å². The van der Waals surface area contributed by atoms with Gasteiger partial charge in [0.2, 0.25) is 5.95 Å². The van der Waals surface area contributed by atoms with Crippen LogP contribution in [0.25, 0.3) is 10.9 Å². The summed E-state index contributed by atoms with van der Waals surface area (Å²) in [4.78, 5) is 11.5. The quantitative estimate of drug-likeness (QED) is 0.499. The molecule has 33 heavy (non-hydrogen) atoms. The lowest BCUT2D eigenvalue weighted by molar-refractivity contribution is 0.297. The number of nitrogens with one attached hydrogen (secondary N) is 2. The van der Waals surface area contributed by atoms with Crippen molar-refractivity contribution in [2.24, 2.45) is 5.92 Å². The van der Waals surface area contributed by atoms with E-state index in [9.17, 15) is 0 Å². The number of ether oxygens (including phenoxy) is 2. The SMILES string of the molecule is COc1cccc(CN[C@H]2CC[C@@H](CNc3nc(N(C)C)c4ccccc4n3)CC2)c1OC. The third kappa shape index (κ3) is 5.47. The summed E-state index contributed by atoms with van der Waals surface area (Å²) < 4.78 is 11.0. The van der Waals surface area contributed by atoms with E-state index in [2.05, 4.69) is 22.8 Å². The molecule has 0 unspecified atom stereocenters. The van der Waals surface area contributed by atoms with Crippen LogP contribution in [0.2, 0.25) is 0 Å². The van der Waals surface area contributed by atoms with E-state index in [4.69, 9.17) is 19.4 Å². The molecule has 1 heterocycles. The molecule has 1 aromatic heterocycles. The second-order valence-electron chi connectivity index (χ2n) is 8.91. The first-order valence-electron chi connectivity index (χ1n) is 11.7. The third-order valence-corrected chi connectivity index (χ3v) is 6.47. The van der Waals surface area contributed by atoms with Crippen LogP contribution in [0.1, 0.15) is 31.2 Å². The van der Waals surface area contributed by atoms with E-state index >= 15 is 0 Å². The number of anilines is 2. The van der Waals surface area contributed by atoms with Gasteiger partial charge in [0.25, 0.3) is 0 Å². The molecule has 0 spiro atoms. The predicted octanol–water partition coefficient (Wildman–Crippen LogP) is 4.47. The van der Waals surface area contributed by atoms with E-state index in [-0.39, 0.29) is 0 Å². The fourth-order valence-corrected chi connectivity index (χ4v) is 4.63. The Bertz CT molecular complexity index is 1060. The fraction of sp³-hybridized carbons (Fsp3) is 0.462. The second kappa shape index (κ2) is 10.7. The van der Waals surface area contributed by atoms with Gasteiger partial charge in [0.1, 0.15) is 5.82 Å². The van der Waals surface area contributed by atoms with Crippen LogP contribution in [0.4, 0.5) is 11.8 Å². The van der Waals surface area contributed by atoms with Gasteiger partial charge in [-0.15, -0.1) is 0 Å². The maximum Gasteiger partial charge on any atom is 0.225 e. The molecule has 0 aliphatic heterocycles. The average molecular weight is 450 g/mol. The molecule has 2 aromatic carbocycles. The molecule has 1 aliphatic carbocycles. The maximum atomic E-state index is 5.56. The third-order valence-electron chi connectivity index (χ3n) is 6.47. The summed E-state index contributed by atoms with van der Waals surface area (Å²) in [6.07, 6.45) is 4.71. The Kier molecular flexibility index (Phi) is 7.50. The summed E-state index contributed by atoms with van der Waals surface area (Å²) in [5, 5.41) is 8.29. The highest BCUT2D eigenvalue weighted by Crippen LogP contribution is 2.31. The van der Waals surface area contributed by atoms with Crippen molar-refractivity contribution in [1.82, 2.24) is 15.3 Å². The van der Waals surface area contributed by atoms with Gasteiger partial charge in [-0.25, -0.2) is 4.98 Å². The molecule has 2 N–H and O–H groups in total. The Morgan fingerprint density at radius 2 is 1.73 bits per heavy atom. The minimum Gasteiger partial charge on any atom is -0.493 e. The van der Waals surface area contributed by atoms with Crippen LogP contribution in [0, 0.1) is 5.92 Å². The number of nitrogens with zero attached hydrogens (tertiary/aromatic N) is 3. The molecular weight excluding hydrogens is 414 g/mol. The minimum absolute atomic E-state index is 0.523. The molecule has 0 bridgehead atoms. The van der Waals surface area contributed by atoms with Gasteiger partial charge in [0.05, 0.1) is 19.7 Å². The molecule has 7 nitrogen and oxygen atoms in total. The zero-order chi connectivity index (χ0) is 23.2. The minimum atomic E-state index is 0.523. The van der Waals surface area contributed by atoms with Crippen molar-refractivity contribution in [1.29, 1.82) is 0 Å². The molecule has 0 radical (unpaired) electrons. The molecule has 0 atom stereocenters. The maximum absolute atomic E-state index is 5.56. The number of aromatic nitrogens is 2. The number of methoxy groups -OCH3 is 2. The monoisotopic (exact) mass is 449 g/mol. The zero-order valence-corrected chi connectivity index (χ0v) is 20.1. The summed E-state index contributed by atoms with van der Waals surface area (Å²) in [7, 11) is 7.41. The van der Waals surface area contributed by atoms with Crippen molar-refractivity contribution in [3.05, 3.63) is 48.0 Å². The van der Waals surface area contributed by atoms with Crippen LogP contribution in [-0.2, 0) is 6.54 Å². The van der Waals surface area contributed by atoms with E-state index in [1.165, 1.54) is 25.7 Å². The standard InChI is InChI=1S/C26H35N5O2/c1-31(2)25-21-9-5-6-10-22(21)29-26(30-25)28-16-18-12-14-20(15-13-18)27-17-19-8-7-11-23(32-3)24(19)33-4/h5-11,18,20,27H,12-17H2,1-4H3,(H,28,29,30)/t18-,20+. The summed E-state index contributed by atoms with van der Waals surface area (Å²) >= 11 is 0. The lowest BCUT2D eigenvalue weighted by Gasteiger charge is -2.29. The Balaban J connectivity index is 1.29. The first-order valence-corrected chi connectivity index (χ1v) is 11.7. The normalized spacial score (nSPS) is 18.2. The van der Waals surface area contributed by atoms with Crippen molar-refractivity contribution in [3.8, 4) is 11.5 Å². The Labute approximate surface area is 196 Å². The number of fused-ring (bicyclic) bond motifs is 1. The number of para-hydroxylation sites is 2. The van der Waals surface area contributed by atoms with Crippen LogP contribution in [-0.4, -0.2) is 50.9 Å². The highest BCUT2D eigenvalue weighted by Gasteiger charge is 2.22. The van der Waals surface area contributed by atoms with Crippen molar-refractivity contribution in [2.45, 2.75) is 38.3 Å². The van der Waals surface area contributed by atoms with Crippen molar-refractivity contribution < 1.29 is 9.47 Å². The summed E-state index contributed by atoms with van der Waals surface area (Å²) in [6, 6.07) is 14.7. The fourth-order valence-electron chi connectivity index (χ4n) is 4.63. The number of benzene rings is 2. The average Bonchev–Trinajstić information content (AvgIpc) is 2.85. The van der Waals surface area contributed by atoms with Gasteiger partial charge in [-0.1, -0.05) is 24.3 Å². The van der Waals surface area contributed by atoms with Crippen molar-refractivity contribution in [2.75, 3.05) is 45.1 Å². The zero-order valence-electron chi connectivity index (χ0n) is 20.1. The van der Waals surface area contributed by atoms with Crippen molar-refractivity contribution >= 4 is 22.7 Å². The van der Waals surface area contributed by atoms with Crippen LogP contribution in [0.5, 0.6) is 11.5 Å². The van der Waals surface area contributed by atoms with E-state index < -0.39 is 0 Å². The lowest BCUT2D eigenvalue weighted by atomic mass is 9.86. The lowest BCUT2D eigenvalue weighted by Crippen LogP contribution is -2.34. The first-order chi connectivity index (χ1) is 16.1. The van der Waals surface area contributed by atoms with Crippen molar-refractivity contribution in [3.63, 3.8) is 0 Å². The molecule has 1 aliphatic rings. The number of rotatable bonds is 9. The molecule has 0 saturated heterocycles. The molecular formula is C26H35N5O2. The van der Waals surface area contributed by atoms with Crippen LogP contribution < -0.4 is 25.0 Å². The Morgan fingerprint density at radius 1 is 0.939 bits per heavy atom. The van der Waals surface area contributed by atoms with E-state index in [1.807, 2.05) is 49.3 Å². The van der Waals surface area contributed by atoms with Gasteiger partial charge in [0.15, 0.2) is 11.5 Å². The Morgan fingerprint density at radius 3 is 2.45 bits per heavy atom. The Hall–Kier alpha value is -3.06. The number of hydrogen-bond acceptors (Lipinski definition) is 7. The predicted molar refractivity (Wildman–Crippen MR) is 134 cm³/mol. The van der Waals surface area contributed by atoms with Crippen LogP contribution in [0.15, 0.2) is 42.5 Å². The number of hydrogen-bond donors (Lipinski definition) is 2. The van der Waals surface area contributed by atoms with Gasteiger partial charge in [0, 0.05) is 44.2 Å². The highest BCUT2D eigenvalue weighted by molar-refractivity contribution is 5.90. The largest absolute Gasteiger partial charge is 0.493 e. The van der Waals surface area contributed by atoms with Crippen LogP contribution in [0.3, 0.4) is 0 Å². The van der Waals surface area contributed by atoms with E-state index in [0.29, 0.717) is 17.9 Å². The van der Waals surface area contributed by atoms with Gasteiger partial charge in [-0.2, -0.15) is 4.98 Å². The van der Waals surface area contributed by atoms with Gasteiger partial charge >= 0.3 is 0 Å². The molecule has 3 aromatic rings. The topological polar surface area (TPSA) is 71.5 Å². The summed E-state index contributed by atoms with van der Waals surface area (Å²) in [5.74, 6) is 3.89. The molecule has 7 heteroatoms. The molecule has 1 fully saturated rings. The highest BCUT2D eigenvalue weighted by atomic mass is 16.5. The van der Waals surface area contributed by atoms with Gasteiger partial charge in [-0.05, 0) is 49.8 Å². The molecule has 0 amide bonds.